The van der Waals surface area contributed by atoms with E-state index < -0.39 is 39.8 Å². The minimum atomic E-state index is -4.60. The third-order valence-electron chi connectivity index (χ3n) is 5.33. The molecule has 0 aromatic heterocycles. The fourth-order valence-corrected chi connectivity index (χ4v) is 5.95. The standard InChI is InChI=1S/C22H23F3N4O3S/c1-15-12-28(14-21(30)27-20-9-4-3-8-19(20)22(23,24)25)13-16(2)29(15)33(31,32)18-7-5-6-17(10-18)11-26/h3-10,15-16H,12-14H2,1-2H3,(H,27,30). The van der Waals surface area contributed by atoms with Gasteiger partial charge < -0.3 is 5.32 Å². The molecule has 0 bridgehead atoms. The van der Waals surface area contributed by atoms with Crippen LogP contribution in [0.4, 0.5) is 18.9 Å². The van der Waals surface area contributed by atoms with E-state index in [-0.39, 0.29) is 35.8 Å². The van der Waals surface area contributed by atoms with Gasteiger partial charge >= 0.3 is 6.18 Å². The molecule has 1 aliphatic heterocycles. The smallest absolute Gasteiger partial charge is 0.324 e. The summed E-state index contributed by atoms with van der Waals surface area (Å²) in [5.74, 6) is -0.621. The third kappa shape index (κ3) is 5.52. The van der Waals surface area contributed by atoms with E-state index in [9.17, 15) is 26.4 Å². The third-order valence-corrected chi connectivity index (χ3v) is 7.45. The molecule has 1 fully saturated rings. The summed E-state index contributed by atoms with van der Waals surface area (Å²) in [7, 11) is -3.89. The lowest BCUT2D eigenvalue weighted by molar-refractivity contribution is -0.137. The van der Waals surface area contributed by atoms with Crippen LogP contribution in [0.1, 0.15) is 25.0 Å². The summed E-state index contributed by atoms with van der Waals surface area (Å²) in [5, 5.41) is 11.4. The molecular formula is C22H23F3N4O3S. The number of carbonyl (C=O) groups excluding carboxylic acids is 1. The lowest BCUT2D eigenvalue weighted by Gasteiger charge is -2.43. The van der Waals surface area contributed by atoms with Crippen LogP contribution in [0.2, 0.25) is 0 Å². The summed E-state index contributed by atoms with van der Waals surface area (Å²) in [6.07, 6.45) is -4.60. The number of hydrogen-bond acceptors (Lipinski definition) is 5. The lowest BCUT2D eigenvalue weighted by atomic mass is 10.1. The Hall–Kier alpha value is -2.94. The minimum Gasteiger partial charge on any atom is -0.324 e. The topological polar surface area (TPSA) is 93.5 Å². The number of benzene rings is 2. The van der Waals surface area contributed by atoms with Crippen molar-refractivity contribution in [2.24, 2.45) is 0 Å². The molecule has 3 rings (SSSR count). The van der Waals surface area contributed by atoms with Crippen LogP contribution in [0.5, 0.6) is 0 Å². The number of alkyl halides is 3. The van der Waals surface area contributed by atoms with Crippen LogP contribution in [0.15, 0.2) is 53.4 Å². The van der Waals surface area contributed by atoms with Gasteiger partial charge in [-0.1, -0.05) is 18.2 Å². The SMILES string of the molecule is CC1CN(CC(=O)Nc2ccccc2C(F)(F)F)CC(C)N1S(=O)(=O)c1cccc(C#N)c1. The molecule has 0 saturated carbocycles. The van der Waals surface area contributed by atoms with Crippen molar-refractivity contribution >= 4 is 21.6 Å². The summed E-state index contributed by atoms with van der Waals surface area (Å²) < 4.78 is 67.2. The highest BCUT2D eigenvalue weighted by atomic mass is 32.2. The quantitative estimate of drug-likeness (QED) is 0.709. The molecule has 2 unspecified atom stereocenters. The largest absolute Gasteiger partial charge is 0.418 e. The lowest BCUT2D eigenvalue weighted by Crippen LogP contribution is -2.59. The first-order valence-corrected chi connectivity index (χ1v) is 11.6. The van der Waals surface area contributed by atoms with Gasteiger partial charge in [0.1, 0.15) is 0 Å². The highest BCUT2D eigenvalue weighted by Gasteiger charge is 2.39. The maximum atomic E-state index is 13.2. The first-order valence-electron chi connectivity index (χ1n) is 10.2. The summed E-state index contributed by atoms with van der Waals surface area (Å²) in [6.45, 7) is 3.65. The molecule has 0 aliphatic carbocycles. The van der Waals surface area contributed by atoms with Crippen LogP contribution in [-0.4, -0.2) is 55.2 Å². The van der Waals surface area contributed by atoms with Crippen LogP contribution in [0.3, 0.4) is 0 Å². The van der Waals surface area contributed by atoms with Crippen LogP contribution in [0, 0.1) is 11.3 Å². The Morgan fingerprint density at radius 3 is 2.36 bits per heavy atom. The molecule has 11 heteroatoms. The van der Waals surface area contributed by atoms with E-state index in [1.165, 1.54) is 46.8 Å². The predicted octanol–water partition coefficient (Wildman–Crippen LogP) is 3.30. The average molecular weight is 481 g/mol. The first-order chi connectivity index (χ1) is 15.4. The van der Waals surface area contributed by atoms with Crippen molar-refractivity contribution in [2.75, 3.05) is 25.0 Å². The maximum absolute atomic E-state index is 13.2. The van der Waals surface area contributed by atoms with E-state index in [4.69, 9.17) is 5.26 Å². The van der Waals surface area contributed by atoms with Crippen LogP contribution < -0.4 is 5.32 Å². The van der Waals surface area contributed by atoms with Crippen molar-refractivity contribution in [1.82, 2.24) is 9.21 Å². The molecule has 2 aromatic rings. The zero-order chi connectivity index (χ0) is 24.4. The zero-order valence-electron chi connectivity index (χ0n) is 18.0. The van der Waals surface area contributed by atoms with Crippen molar-refractivity contribution in [2.45, 2.75) is 37.0 Å². The second kappa shape index (κ2) is 9.51. The van der Waals surface area contributed by atoms with Crippen LogP contribution in [0.25, 0.3) is 0 Å². The summed E-state index contributed by atoms with van der Waals surface area (Å²) in [4.78, 5) is 14.2. The number of halogens is 3. The fraction of sp³-hybridized carbons (Fsp3) is 0.364. The van der Waals surface area contributed by atoms with Gasteiger partial charge in [-0.2, -0.15) is 22.7 Å². The monoisotopic (exact) mass is 480 g/mol. The summed E-state index contributed by atoms with van der Waals surface area (Å²) in [5.41, 5.74) is -1.03. The second-order valence-electron chi connectivity index (χ2n) is 7.96. The number of piperazine rings is 1. The minimum absolute atomic E-state index is 0.00945. The molecule has 1 N–H and O–H groups in total. The number of sulfonamides is 1. The van der Waals surface area contributed by atoms with E-state index in [1.807, 2.05) is 6.07 Å². The Balaban J connectivity index is 1.71. The Labute approximate surface area is 190 Å². The van der Waals surface area contributed by atoms with Gasteiger partial charge in [0, 0.05) is 25.2 Å². The Kier molecular flexibility index (Phi) is 7.11. The predicted molar refractivity (Wildman–Crippen MR) is 116 cm³/mol. The van der Waals surface area contributed by atoms with E-state index in [1.54, 1.807) is 18.7 Å². The molecule has 1 amide bonds. The highest BCUT2D eigenvalue weighted by molar-refractivity contribution is 7.89. The van der Waals surface area contributed by atoms with Gasteiger partial charge in [-0.05, 0) is 44.2 Å². The van der Waals surface area contributed by atoms with Gasteiger partial charge in [0.25, 0.3) is 0 Å². The van der Waals surface area contributed by atoms with Crippen molar-refractivity contribution in [3.05, 3.63) is 59.7 Å². The van der Waals surface area contributed by atoms with Gasteiger partial charge in [-0.15, -0.1) is 0 Å². The number of nitrogens with one attached hydrogen (secondary N) is 1. The zero-order valence-corrected chi connectivity index (χ0v) is 18.8. The van der Waals surface area contributed by atoms with E-state index in [0.717, 1.165) is 6.07 Å². The maximum Gasteiger partial charge on any atom is 0.418 e. The van der Waals surface area contributed by atoms with Crippen molar-refractivity contribution in [1.29, 1.82) is 5.26 Å². The van der Waals surface area contributed by atoms with Crippen LogP contribution >= 0.6 is 0 Å². The molecule has 0 spiro atoms. The molecule has 7 nitrogen and oxygen atoms in total. The normalized spacial score (nSPS) is 20.2. The molecule has 2 atom stereocenters. The van der Waals surface area contributed by atoms with Crippen molar-refractivity contribution < 1.29 is 26.4 Å². The number of hydrogen-bond donors (Lipinski definition) is 1. The van der Waals surface area contributed by atoms with E-state index >= 15 is 0 Å². The number of para-hydroxylation sites is 1. The molecule has 1 aliphatic rings. The number of nitriles is 1. The molecule has 0 radical (unpaired) electrons. The molecule has 33 heavy (non-hydrogen) atoms. The molecule has 1 saturated heterocycles. The van der Waals surface area contributed by atoms with Crippen LogP contribution in [-0.2, 0) is 21.0 Å². The first kappa shape index (κ1) is 24.7. The summed E-state index contributed by atoms with van der Waals surface area (Å²) in [6, 6.07) is 11.4. The Morgan fingerprint density at radius 1 is 1.12 bits per heavy atom. The fourth-order valence-electron chi connectivity index (χ4n) is 4.10. The van der Waals surface area contributed by atoms with Gasteiger partial charge in [0.2, 0.25) is 15.9 Å². The van der Waals surface area contributed by atoms with E-state index in [0.29, 0.717) is 0 Å². The number of amides is 1. The number of carbonyl (C=O) groups is 1. The number of anilines is 1. The second-order valence-corrected chi connectivity index (χ2v) is 9.80. The summed E-state index contributed by atoms with van der Waals surface area (Å²) >= 11 is 0. The molecule has 176 valence electrons. The van der Waals surface area contributed by atoms with Crippen molar-refractivity contribution in [3.8, 4) is 6.07 Å². The van der Waals surface area contributed by atoms with Gasteiger partial charge in [-0.3, -0.25) is 9.69 Å². The van der Waals surface area contributed by atoms with Gasteiger partial charge in [0.05, 0.1) is 34.3 Å². The van der Waals surface area contributed by atoms with Gasteiger partial charge in [0.15, 0.2) is 0 Å². The molecule has 2 aromatic carbocycles. The number of rotatable bonds is 5. The molecule has 1 heterocycles. The number of nitrogens with zero attached hydrogens (tertiary/aromatic N) is 3. The Morgan fingerprint density at radius 2 is 1.76 bits per heavy atom. The molecular weight excluding hydrogens is 457 g/mol. The van der Waals surface area contributed by atoms with E-state index in [2.05, 4.69) is 5.32 Å². The average Bonchev–Trinajstić information content (AvgIpc) is 2.72. The Bertz CT molecular complexity index is 1170. The van der Waals surface area contributed by atoms with Crippen molar-refractivity contribution in [3.63, 3.8) is 0 Å². The highest BCUT2D eigenvalue weighted by Crippen LogP contribution is 2.34. The van der Waals surface area contributed by atoms with Gasteiger partial charge in [-0.25, -0.2) is 8.42 Å².